The van der Waals surface area contributed by atoms with E-state index in [0.29, 0.717) is 37.6 Å². The summed E-state index contributed by atoms with van der Waals surface area (Å²) in [6.07, 6.45) is 0. The van der Waals surface area contributed by atoms with Crippen LogP contribution >= 0.6 is 11.3 Å². The molecule has 4 nitrogen and oxygen atoms in total. The van der Waals surface area contributed by atoms with E-state index in [0.717, 1.165) is 5.56 Å². The van der Waals surface area contributed by atoms with E-state index < -0.39 is 0 Å². The van der Waals surface area contributed by atoms with E-state index in [2.05, 4.69) is 4.98 Å². The molecule has 0 bridgehead atoms. The Hall–Kier alpha value is -2.53. The number of carbonyl (C=O) groups is 2. The third kappa shape index (κ3) is 2.43. The molecule has 3 aromatic rings. The molecule has 0 aliphatic carbocycles. The highest BCUT2D eigenvalue weighted by molar-refractivity contribution is 7.21. The van der Waals surface area contributed by atoms with Crippen molar-refractivity contribution in [3.63, 3.8) is 0 Å². The van der Waals surface area contributed by atoms with Crippen LogP contribution in [0.1, 0.15) is 43.8 Å². The summed E-state index contributed by atoms with van der Waals surface area (Å²) in [6.45, 7) is 5.17. The number of aryl methyl sites for hydroxylation is 2. The van der Waals surface area contributed by atoms with Gasteiger partial charge >= 0.3 is 0 Å². The summed E-state index contributed by atoms with van der Waals surface area (Å²) in [5.41, 5.74) is 9.28. The van der Waals surface area contributed by atoms with E-state index in [1.54, 1.807) is 19.1 Å². The molecule has 0 spiro atoms. The zero-order valence-corrected chi connectivity index (χ0v) is 14.0. The van der Waals surface area contributed by atoms with Crippen LogP contribution in [0.5, 0.6) is 0 Å². The molecule has 0 fully saturated rings. The molecular weight excluding hydrogens is 308 g/mol. The number of hydrogen-bond donors (Lipinski definition) is 1. The summed E-state index contributed by atoms with van der Waals surface area (Å²) in [7, 11) is 0. The number of Topliss-reactive ketones (excluding diaryl/α,β-unsaturated/α-hetero) is 1. The Morgan fingerprint density at radius 2 is 1.78 bits per heavy atom. The van der Waals surface area contributed by atoms with Gasteiger partial charge < -0.3 is 5.73 Å². The zero-order valence-electron chi connectivity index (χ0n) is 13.1. The van der Waals surface area contributed by atoms with Gasteiger partial charge in [-0.15, -0.1) is 11.3 Å². The van der Waals surface area contributed by atoms with Crippen molar-refractivity contribution in [2.75, 3.05) is 5.73 Å². The number of nitrogens with two attached hydrogens (primary N) is 1. The molecule has 3 rings (SSSR count). The predicted octanol–water partition coefficient (Wildman–Crippen LogP) is 3.93. The van der Waals surface area contributed by atoms with E-state index in [4.69, 9.17) is 5.73 Å². The first-order valence-corrected chi connectivity index (χ1v) is 8.03. The van der Waals surface area contributed by atoms with Crippen LogP contribution in [-0.4, -0.2) is 16.6 Å². The molecule has 0 aliphatic rings. The fraction of sp³-hybridized carbons (Fsp3) is 0.167. The molecule has 0 saturated heterocycles. The average Bonchev–Trinajstić information content (AvgIpc) is 2.83. The Kier molecular flexibility index (Phi) is 3.74. The maximum atomic E-state index is 12.7. The minimum Gasteiger partial charge on any atom is -0.397 e. The number of ketones is 2. The number of nitrogens with zero attached hydrogens (tertiary/aromatic N) is 1. The van der Waals surface area contributed by atoms with Crippen molar-refractivity contribution >= 4 is 38.8 Å². The van der Waals surface area contributed by atoms with Gasteiger partial charge in [0, 0.05) is 16.5 Å². The Bertz CT molecular complexity index is 943. The van der Waals surface area contributed by atoms with Gasteiger partial charge in [-0.3, -0.25) is 9.59 Å². The smallest absolute Gasteiger partial charge is 0.205 e. The number of fused-ring (bicyclic) bond motifs is 1. The first-order chi connectivity index (χ1) is 10.9. The van der Waals surface area contributed by atoms with E-state index in [1.807, 2.05) is 25.1 Å². The average molecular weight is 324 g/mol. The van der Waals surface area contributed by atoms with Crippen LogP contribution in [0.2, 0.25) is 0 Å². The van der Waals surface area contributed by atoms with Crippen LogP contribution in [0.25, 0.3) is 10.2 Å². The van der Waals surface area contributed by atoms with Crippen LogP contribution in [0.15, 0.2) is 30.3 Å². The zero-order chi connectivity index (χ0) is 16.7. The Morgan fingerprint density at radius 1 is 1.13 bits per heavy atom. The highest BCUT2D eigenvalue weighted by Gasteiger charge is 2.22. The van der Waals surface area contributed by atoms with Gasteiger partial charge in [0.15, 0.2) is 5.78 Å². The van der Waals surface area contributed by atoms with Gasteiger partial charge in [-0.1, -0.05) is 30.3 Å². The normalized spacial score (nSPS) is 10.9. The Morgan fingerprint density at radius 3 is 2.39 bits per heavy atom. The molecular formula is C18H16N2O2S. The van der Waals surface area contributed by atoms with Gasteiger partial charge in [-0.25, -0.2) is 4.98 Å². The molecule has 0 amide bonds. The molecule has 2 aromatic heterocycles. The fourth-order valence-corrected chi connectivity index (χ4v) is 4.05. The molecule has 116 valence electrons. The number of hydrogen-bond acceptors (Lipinski definition) is 5. The second-order valence-electron chi connectivity index (χ2n) is 5.47. The maximum absolute atomic E-state index is 12.7. The van der Waals surface area contributed by atoms with Crippen molar-refractivity contribution in [3.05, 3.63) is 57.6 Å². The third-order valence-electron chi connectivity index (χ3n) is 3.90. The number of anilines is 1. The van der Waals surface area contributed by atoms with Crippen molar-refractivity contribution < 1.29 is 9.59 Å². The quantitative estimate of drug-likeness (QED) is 0.741. The summed E-state index contributed by atoms with van der Waals surface area (Å²) in [5, 5.41) is 0.713. The molecule has 0 saturated carbocycles. The van der Waals surface area contributed by atoms with Crippen molar-refractivity contribution in [2.45, 2.75) is 20.8 Å². The molecule has 23 heavy (non-hydrogen) atoms. The van der Waals surface area contributed by atoms with Crippen LogP contribution in [0.4, 0.5) is 5.69 Å². The summed E-state index contributed by atoms with van der Waals surface area (Å²) in [5.74, 6) is -0.163. The molecule has 0 atom stereocenters. The lowest BCUT2D eigenvalue weighted by molar-refractivity contribution is 0.101. The monoisotopic (exact) mass is 324 g/mol. The highest BCUT2D eigenvalue weighted by Crippen LogP contribution is 2.37. The van der Waals surface area contributed by atoms with Gasteiger partial charge in [0.25, 0.3) is 0 Å². The first kappa shape index (κ1) is 15.4. The van der Waals surface area contributed by atoms with Crippen molar-refractivity contribution in [2.24, 2.45) is 0 Å². The van der Waals surface area contributed by atoms with Crippen molar-refractivity contribution in [1.82, 2.24) is 4.98 Å². The molecule has 2 N–H and O–H groups in total. The van der Waals surface area contributed by atoms with Crippen LogP contribution in [-0.2, 0) is 0 Å². The van der Waals surface area contributed by atoms with Crippen molar-refractivity contribution in [3.8, 4) is 0 Å². The third-order valence-corrected chi connectivity index (χ3v) is 5.00. The minimum absolute atomic E-state index is 0.0454. The molecule has 0 unspecified atom stereocenters. The fourth-order valence-electron chi connectivity index (χ4n) is 2.89. The lowest BCUT2D eigenvalue weighted by Gasteiger charge is -2.07. The topological polar surface area (TPSA) is 73.0 Å². The second kappa shape index (κ2) is 5.59. The van der Waals surface area contributed by atoms with E-state index in [9.17, 15) is 9.59 Å². The number of benzene rings is 1. The molecule has 0 radical (unpaired) electrons. The number of aromatic nitrogens is 1. The van der Waals surface area contributed by atoms with Gasteiger partial charge in [0.2, 0.25) is 5.78 Å². The largest absolute Gasteiger partial charge is 0.397 e. The molecule has 1 aromatic carbocycles. The van der Waals surface area contributed by atoms with Gasteiger partial charge in [-0.2, -0.15) is 0 Å². The van der Waals surface area contributed by atoms with Crippen molar-refractivity contribution in [1.29, 1.82) is 0 Å². The minimum atomic E-state index is -0.118. The SMILES string of the molecule is CC(=O)c1c(C)nc2sc(C(=O)c3ccccc3)c(N)c2c1C. The molecule has 2 heterocycles. The lowest BCUT2D eigenvalue weighted by atomic mass is 10.00. The van der Waals surface area contributed by atoms with Gasteiger partial charge in [-0.05, 0) is 26.3 Å². The maximum Gasteiger partial charge on any atom is 0.205 e. The standard InChI is InChI=1S/C18H16N2O2S/c1-9-13(11(3)21)10(2)20-18-14(9)15(19)17(23-18)16(22)12-7-5-4-6-8-12/h4-8H,19H2,1-3H3. The summed E-state index contributed by atoms with van der Waals surface area (Å²) in [4.78, 5) is 30.2. The van der Waals surface area contributed by atoms with Gasteiger partial charge in [0.05, 0.1) is 11.4 Å². The summed E-state index contributed by atoms with van der Waals surface area (Å²) < 4.78 is 0. The van der Waals surface area contributed by atoms with Gasteiger partial charge in [0.1, 0.15) is 9.71 Å². The molecule has 5 heteroatoms. The second-order valence-corrected chi connectivity index (χ2v) is 6.47. The highest BCUT2D eigenvalue weighted by atomic mass is 32.1. The number of carbonyl (C=O) groups excluding carboxylic acids is 2. The van der Waals surface area contributed by atoms with E-state index in [1.165, 1.54) is 18.3 Å². The number of pyridine rings is 1. The first-order valence-electron chi connectivity index (χ1n) is 7.21. The lowest BCUT2D eigenvalue weighted by Crippen LogP contribution is -2.04. The molecule has 0 aliphatic heterocycles. The number of thiophene rings is 1. The number of nitrogen functional groups attached to an aromatic ring is 1. The van der Waals surface area contributed by atoms with E-state index >= 15 is 0 Å². The van der Waals surface area contributed by atoms with Crippen LogP contribution in [0, 0.1) is 13.8 Å². The Labute approximate surface area is 138 Å². The summed E-state index contributed by atoms with van der Waals surface area (Å²) in [6, 6.07) is 9.02. The summed E-state index contributed by atoms with van der Waals surface area (Å²) >= 11 is 1.28. The van der Waals surface area contributed by atoms with Crippen LogP contribution in [0.3, 0.4) is 0 Å². The van der Waals surface area contributed by atoms with E-state index in [-0.39, 0.29) is 11.6 Å². The Balaban J connectivity index is 2.26. The number of rotatable bonds is 3. The predicted molar refractivity (Wildman–Crippen MR) is 93.4 cm³/mol. The van der Waals surface area contributed by atoms with Crippen LogP contribution < -0.4 is 5.73 Å².